The molecule has 3 saturated carbocycles. The molecule has 29 heavy (non-hydrogen) atoms. The molecule has 2 heterocycles. The van der Waals surface area contributed by atoms with Gasteiger partial charge in [0.2, 0.25) is 0 Å². The number of fused-ring (bicyclic) bond motifs is 1. The Labute approximate surface area is 171 Å². The van der Waals surface area contributed by atoms with Gasteiger partial charge >= 0.3 is 13.2 Å². The van der Waals surface area contributed by atoms with Crippen molar-refractivity contribution in [3.8, 4) is 0 Å². The van der Waals surface area contributed by atoms with Crippen LogP contribution in [-0.4, -0.2) is 30.4 Å². The summed E-state index contributed by atoms with van der Waals surface area (Å²) in [7, 11) is -0.665. The Bertz CT molecular complexity index is 973. The van der Waals surface area contributed by atoms with Crippen LogP contribution in [0.4, 0.5) is 4.79 Å². The van der Waals surface area contributed by atoms with Gasteiger partial charge < -0.3 is 24.2 Å². The third-order valence-electron chi connectivity index (χ3n) is 8.11. The van der Waals surface area contributed by atoms with Gasteiger partial charge in [0.25, 0.3) is 0 Å². The number of rotatable bonds is 4. The number of ether oxygens (including phenoxy) is 1. The Morgan fingerprint density at radius 1 is 1.28 bits per heavy atom. The third-order valence-corrected chi connectivity index (χ3v) is 8.11. The summed E-state index contributed by atoms with van der Waals surface area (Å²) < 4.78 is 24.2. The first-order valence-corrected chi connectivity index (χ1v) is 10.4. The van der Waals surface area contributed by atoms with Gasteiger partial charge in [-0.2, -0.15) is 0 Å². The average Bonchev–Trinajstić information content (AvgIpc) is 3.18. The smallest absolute Gasteiger partial charge is 0.464 e. The Morgan fingerprint density at radius 3 is 2.76 bits per heavy atom. The van der Waals surface area contributed by atoms with Crippen molar-refractivity contribution < 1.29 is 23.3 Å². The lowest BCUT2D eigenvalue weighted by Gasteiger charge is -2.67. The van der Waals surface area contributed by atoms with Crippen LogP contribution in [0.15, 0.2) is 34.9 Å². The monoisotopic (exact) mass is 397 g/mol. The Hall–Kier alpha value is -1.99. The summed E-state index contributed by atoms with van der Waals surface area (Å²) >= 11 is 0. The van der Waals surface area contributed by atoms with E-state index < -0.39 is 30.4 Å². The summed E-state index contributed by atoms with van der Waals surface area (Å²) in [6.45, 7) is 8.93. The zero-order valence-corrected chi connectivity index (χ0v) is 17.4. The normalized spacial score (nSPS) is 35.8. The molecule has 7 heteroatoms. The summed E-state index contributed by atoms with van der Waals surface area (Å²) in [6.07, 6.45) is 3.39. The number of carbonyl (C=O) groups excluding carboxylic acids is 1. The summed E-state index contributed by atoms with van der Waals surface area (Å²) in [5.74, 6) is 1.04. The molecule has 1 saturated heterocycles. The molecule has 2 bridgehead atoms. The summed E-state index contributed by atoms with van der Waals surface area (Å²) in [4.78, 5) is 11.7. The number of hydrogen-bond acceptors (Lipinski definition) is 5. The predicted molar refractivity (Wildman–Crippen MR) is 109 cm³/mol. The van der Waals surface area contributed by atoms with Crippen LogP contribution in [0.2, 0.25) is 0 Å². The van der Waals surface area contributed by atoms with E-state index in [0.717, 1.165) is 29.4 Å². The zero-order valence-electron chi connectivity index (χ0n) is 17.4. The fraction of sp³-hybridized carbons (Fsp3) is 0.591. The van der Waals surface area contributed by atoms with Crippen LogP contribution >= 0.6 is 0 Å². The van der Waals surface area contributed by atoms with Gasteiger partial charge in [0, 0.05) is 17.4 Å². The number of furan rings is 1. The highest BCUT2D eigenvalue weighted by Gasteiger charge is 2.73. The fourth-order valence-electron chi connectivity index (χ4n) is 6.13. The first-order valence-electron chi connectivity index (χ1n) is 10.4. The summed E-state index contributed by atoms with van der Waals surface area (Å²) in [5.41, 5.74) is 6.53. The van der Waals surface area contributed by atoms with Gasteiger partial charge in [0.15, 0.2) is 0 Å². The van der Waals surface area contributed by atoms with Crippen molar-refractivity contribution >= 4 is 24.2 Å². The minimum Gasteiger partial charge on any atom is -0.464 e. The van der Waals surface area contributed by atoms with Gasteiger partial charge in [-0.25, -0.2) is 4.79 Å². The molecule has 4 aliphatic rings. The zero-order chi connectivity index (χ0) is 20.6. The van der Waals surface area contributed by atoms with E-state index in [1.165, 1.54) is 0 Å². The molecule has 1 unspecified atom stereocenters. The number of para-hydroxylation sites is 1. The van der Waals surface area contributed by atoms with Crippen molar-refractivity contribution in [3.63, 3.8) is 0 Å². The minimum atomic E-state index is -0.829. The maximum Gasteiger partial charge on any atom is 0.502 e. The van der Waals surface area contributed by atoms with E-state index in [-0.39, 0.29) is 5.41 Å². The molecule has 3 aliphatic carbocycles. The number of nitrogens with two attached hydrogens (primary N) is 1. The topological polar surface area (TPSA) is 83.9 Å². The number of benzene rings is 1. The Kier molecular flexibility index (Phi) is 3.94. The summed E-state index contributed by atoms with van der Waals surface area (Å²) in [5, 5.41) is 0.988. The van der Waals surface area contributed by atoms with Crippen LogP contribution in [0.25, 0.3) is 11.0 Å². The second-order valence-corrected chi connectivity index (χ2v) is 9.89. The molecule has 2 aromatic rings. The highest BCUT2D eigenvalue weighted by atomic mass is 16.7. The third kappa shape index (κ3) is 2.60. The van der Waals surface area contributed by atoms with Crippen molar-refractivity contribution in [3.05, 3.63) is 36.1 Å². The lowest BCUT2D eigenvalue weighted by atomic mass is 9.41. The average molecular weight is 397 g/mol. The molecule has 1 aliphatic heterocycles. The molecule has 0 spiro atoms. The van der Waals surface area contributed by atoms with E-state index in [2.05, 4.69) is 27.7 Å². The van der Waals surface area contributed by atoms with Gasteiger partial charge in [0.05, 0.1) is 17.5 Å². The van der Waals surface area contributed by atoms with Crippen LogP contribution < -0.4 is 5.73 Å². The van der Waals surface area contributed by atoms with Crippen LogP contribution in [-0.2, 0) is 20.5 Å². The Balaban J connectivity index is 1.45. The molecule has 6 nitrogen and oxygen atoms in total. The first kappa shape index (κ1) is 19.0. The van der Waals surface area contributed by atoms with Gasteiger partial charge in [-0.3, -0.25) is 0 Å². The molecule has 1 aromatic carbocycles. The molecule has 1 aromatic heterocycles. The highest BCUT2D eigenvalue weighted by Crippen LogP contribution is 2.69. The van der Waals surface area contributed by atoms with Crippen molar-refractivity contribution in [2.45, 2.75) is 64.2 Å². The van der Waals surface area contributed by atoms with Crippen LogP contribution in [0.1, 0.15) is 46.1 Å². The molecule has 4 fully saturated rings. The maximum absolute atomic E-state index is 11.7. The van der Waals surface area contributed by atoms with Crippen molar-refractivity contribution in [1.82, 2.24) is 0 Å². The van der Waals surface area contributed by atoms with E-state index in [0.29, 0.717) is 18.3 Å². The van der Waals surface area contributed by atoms with E-state index in [4.69, 9.17) is 24.2 Å². The standard InChI is InChI=1S/C22H28BNO5/c1-20(2)14-10-17(20)22(4)21(3,11-14)28-23(29-22)18(27-19(24)25)9-13-12-26-16-8-6-5-7-15(13)16/h5-8,12,14,17-18H,9-11H2,1-4H3,(H2,24,25)/t14-,17-,18?,21+,22-/m0/s1. The first-order chi connectivity index (χ1) is 13.6. The van der Waals surface area contributed by atoms with Gasteiger partial charge in [-0.05, 0) is 50.0 Å². The lowest BCUT2D eigenvalue weighted by Crippen LogP contribution is -2.70. The van der Waals surface area contributed by atoms with Gasteiger partial charge in [-0.15, -0.1) is 0 Å². The molecule has 1 amide bonds. The maximum atomic E-state index is 11.7. The SMILES string of the molecule is CC1(C)[C@H]2C[C@@H]1[C@]1(C)OB(C(Cc3coc4ccccc34)OC(N)=O)O[C@]1(C)C2. The second-order valence-electron chi connectivity index (χ2n) is 9.89. The lowest BCUT2D eigenvalue weighted by molar-refractivity contribution is -0.235. The van der Waals surface area contributed by atoms with Gasteiger partial charge in [-0.1, -0.05) is 32.0 Å². The quantitative estimate of drug-likeness (QED) is 0.786. The molecular formula is C22H28BNO5. The molecule has 6 rings (SSSR count). The number of amides is 1. The highest BCUT2D eigenvalue weighted by molar-refractivity contribution is 6.47. The van der Waals surface area contributed by atoms with Crippen molar-refractivity contribution in [2.24, 2.45) is 23.0 Å². The Morgan fingerprint density at radius 2 is 2.03 bits per heavy atom. The number of hydrogen-bond donors (Lipinski definition) is 1. The molecule has 2 N–H and O–H groups in total. The second kappa shape index (κ2) is 6.02. The van der Waals surface area contributed by atoms with Crippen LogP contribution in [0.3, 0.4) is 0 Å². The molecule has 5 atom stereocenters. The molecule has 154 valence electrons. The largest absolute Gasteiger partial charge is 0.502 e. The number of primary amides is 1. The van der Waals surface area contributed by atoms with E-state index in [1.54, 1.807) is 6.26 Å². The molecule has 0 radical (unpaired) electrons. The summed E-state index contributed by atoms with van der Waals surface area (Å²) in [6, 6.07) is 7.15. The van der Waals surface area contributed by atoms with E-state index in [9.17, 15) is 4.79 Å². The fourth-order valence-corrected chi connectivity index (χ4v) is 6.13. The van der Waals surface area contributed by atoms with E-state index in [1.807, 2.05) is 24.3 Å². The van der Waals surface area contributed by atoms with Gasteiger partial charge in [0.1, 0.15) is 11.6 Å². The number of carbonyl (C=O) groups is 1. The van der Waals surface area contributed by atoms with Crippen molar-refractivity contribution in [1.29, 1.82) is 0 Å². The van der Waals surface area contributed by atoms with E-state index >= 15 is 0 Å². The van der Waals surface area contributed by atoms with Crippen LogP contribution in [0, 0.1) is 17.3 Å². The predicted octanol–water partition coefficient (Wildman–Crippen LogP) is 4.10. The van der Waals surface area contributed by atoms with Crippen LogP contribution in [0.5, 0.6) is 0 Å². The molecular weight excluding hydrogens is 369 g/mol. The van der Waals surface area contributed by atoms with Crippen molar-refractivity contribution in [2.75, 3.05) is 0 Å². The minimum absolute atomic E-state index is 0.229.